The van der Waals surface area contributed by atoms with Gasteiger partial charge >= 0.3 is 5.97 Å². The third-order valence-electron chi connectivity index (χ3n) is 17.9. The van der Waals surface area contributed by atoms with Gasteiger partial charge in [-0.05, 0) is 64.2 Å². The third-order valence-corrected chi connectivity index (χ3v) is 17.9. The molecule has 0 fully saturated rings. The van der Waals surface area contributed by atoms with Crippen LogP contribution in [0.1, 0.15) is 425 Å². The molecule has 0 saturated carbocycles. The van der Waals surface area contributed by atoms with Gasteiger partial charge in [0.1, 0.15) is 0 Å². The van der Waals surface area contributed by atoms with E-state index in [9.17, 15) is 19.8 Å². The van der Waals surface area contributed by atoms with E-state index in [1.165, 1.54) is 347 Å². The first-order valence-electron chi connectivity index (χ1n) is 38.3. The molecule has 6 nitrogen and oxygen atoms in total. The molecule has 0 radical (unpaired) electrons. The summed E-state index contributed by atoms with van der Waals surface area (Å²) in [5.41, 5.74) is 0. The summed E-state index contributed by atoms with van der Waals surface area (Å²) < 4.78 is 5.51. The summed E-state index contributed by atoms with van der Waals surface area (Å²) in [6.45, 7) is 4.91. The standard InChI is InChI=1S/C78H149NO5/c1-3-5-7-9-11-13-15-17-18-40-44-48-52-56-60-64-68-72-78(83)84-73-69-65-61-57-53-49-45-42-39-37-35-33-31-29-27-25-23-21-19-20-22-24-26-28-30-32-34-36-38-41-43-47-51-55-59-63-67-71-77(82)79-75(74-80)76(81)70-66-62-58-54-50-46-16-14-12-10-8-6-4-2/h11,13,17-18,66,70,75-76,80-81H,3-10,12,14-16,19-65,67-69,71-74H2,1-2H3,(H,79,82)/b13-11-,18-17-,70-66+. The Labute approximate surface area is 525 Å². The molecule has 0 spiro atoms. The second-order valence-corrected chi connectivity index (χ2v) is 26.3. The molecule has 84 heavy (non-hydrogen) atoms. The average molecular weight is 1180 g/mol. The van der Waals surface area contributed by atoms with Crippen molar-refractivity contribution in [2.24, 2.45) is 0 Å². The minimum Gasteiger partial charge on any atom is -0.466 e. The molecule has 0 aromatic heterocycles. The van der Waals surface area contributed by atoms with Crippen molar-refractivity contribution < 1.29 is 24.5 Å². The topological polar surface area (TPSA) is 95.9 Å². The third kappa shape index (κ3) is 69.2. The van der Waals surface area contributed by atoms with Crippen molar-refractivity contribution in [1.82, 2.24) is 5.32 Å². The first kappa shape index (κ1) is 82.1. The highest BCUT2D eigenvalue weighted by molar-refractivity contribution is 5.76. The molecule has 3 N–H and O–H groups in total. The zero-order valence-corrected chi connectivity index (χ0v) is 56.9. The smallest absolute Gasteiger partial charge is 0.305 e. The number of aliphatic hydroxyl groups excluding tert-OH is 2. The number of hydrogen-bond acceptors (Lipinski definition) is 5. The number of carbonyl (C=O) groups excluding carboxylic acids is 2. The Hall–Kier alpha value is -1.92. The molecule has 6 heteroatoms. The minimum atomic E-state index is -0.839. The van der Waals surface area contributed by atoms with Crippen LogP contribution in [0, 0.1) is 0 Å². The molecule has 496 valence electrons. The van der Waals surface area contributed by atoms with E-state index < -0.39 is 12.1 Å². The lowest BCUT2D eigenvalue weighted by Gasteiger charge is -2.20. The van der Waals surface area contributed by atoms with Crippen LogP contribution in [0.4, 0.5) is 0 Å². The van der Waals surface area contributed by atoms with Gasteiger partial charge in [0.25, 0.3) is 0 Å². The summed E-state index contributed by atoms with van der Waals surface area (Å²) in [7, 11) is 0. The van der Waals surface area contributed by atoms with Gasteiger partial charge in [0.2, 0.25) is 5.91 Å². The second-order valence-electron chi connectivity index (χ2n) is 26.3. The highest BCUT2D eigenvalue weighted by Gasteiger charge is 2.18. The van der Waals surface area contributed by atoms with Gasteiger partial charge in [-0.2, -0.15) is 0 Å². The van der Waals surface area contributed by atoms with E-state index in [0.717, 1.165) is 51.4 Å². The Morgan fingerprint density at radius 1 is 0.333 bits per heavy atom. The van der Waals surface area contributed by atoms with Gasteiger partial charge in [-0.25, -0.2) is 0 Å². The van der Waals surface area contributed by atoms with E-state index in [2.05, 4.69) is 43.5 Å². The van der Waals surface area contributed by atoms with Crippen molar-refractivity contribution >= 4 is 11.9 Å². The average Bonchev–Trinajstić information content (AvgIpc) is 3.54. The summed E-state index contributed by atoms with van der Waals surface area (Å²) in [6.07, 6.45) is 95.5. The molecular weight excluding hydrogens is 1030 g/mol. The van der Waals surface area contributed by atoms with Gasteiger partial charge in [0.15, 0.2) is 0 Å². The molecule has 0 rings (SSSR count). The summed E-state index contributed by atoms with van der Waals surface area (Å²) in [6, 6.07) is -0.622. The number of aliphatic hydroxyl groups is 2. The van der Waals surface area contributed by atoms with Gasteiger partial charge in [0.05, 0.1) is 25.4 Å². The van der Waals surface area contributed by atoms with Crippen LogP contribution >= 0.6 is 0 Å². The van der Waals surface area contributed by atoms with E-state index in [1.807, 2.05) is 6.08 Å². The fourth-order valence-electron chi connectivity index (χ4n) is 12.1. The largest absolute Gasteiger partial charge is 0.466 e. The van der Waals surface area contributed by atoms with Gasteiger partial charge in [-0.1, -0.05) is 384 Å². The van der Waals surface area contributed by atoms with Crippen molar-refractivity contribution in [3.8, 4) is 0 Å². The van der Waals surface area contributed by atoms with E-state index in [4.69, 9.17) is 4.74 Å². The molecule has 0 aliphatic rings. The van der Waals surface area contributed by atoms with Gasteiger partial charge in [0, 0.05) is 12.8 Å². The molecule has 2 unspecified atom stereocenters. The van der Waals surface area contributed by atoms with Crippen LogP contribution in [0.25, 0.3) is 0 Å². The van der Waals surface area contributed by atoms with Crippen molar-refractivity contribution in [2.75, 3.05) is 13.2 Å². The number of esters is 1. The molecule has 0 saturated heterocycles. The summed E-state index contributed by atoms with van der Waals surface area (Å²) in [5, 5.41) is 23.1. The van der Waals surface area contributed by atoms with Crippen LogP contribution < -0.4 is 5.32 Å². The fraction of sp³-hybridized carbons (Fsp3) is 0.897. The van der Waals surface area contributed by atoms with Crippen LogP contribution in [-0.2, 0) is 14.3 Å². The number of amides is 1. The van der Waals surface area contributed by atoms with Gasteiger partial charge in [-0.3, -0.25) is 9.59 Å². The Bertz CT molecular complexity index is 1360. The Balaban J connectivity index is 3.30. The second kappa shape index (κ2) is 73.5. The predicted octanol–water partition coefficient (Wildman–Crippen LogP) is 25.0. The number of nitrogens with one attached hydrogen (secondary N) is 1. The van der Waals surface area contributed by atoms with E-state index >= 15 is 0 Å². The number of rotatable bonds is 72. The van der Waals surface area contributed by atoms with Crippen molar-refractivity contribution in [1.29, 1.82) is 0 Å². The maximum Gasteiger partial charge on any atom is 0.305 e. The highest BCUT2D eigenvalue weighted by atomic mass is 16.5. The van der Waals surface area contributed by atoms with E-state index in [0.29, 0.717) is 19.4 Å². The molecule has 1 amide bonds. The summed E-state index contributed by atoms with van der Waals surface area (Å²) >= 11 is 0. The Morgan fingerprint density at radius 3 is 0.929 bits per heavy atom. The van der Waals surface area contributed by atoms with E-state index in [-0.39, 0.29) is 18.5 Å². The molecule has 0 bridgehead atoms. The normalized spacial score (nSPS) is 12.7. The Kier molecular flexibility index (Phi) is 71.9. The van der Waals surface area contributed by atoms with Crippen LogP contribution in [0.3, 0.4) is 0 Å². The van der Waals surface area contributed by atoms with Crippen molar-refractivity contribution in [3.05, 3.63) is 36.5 Å². The first-order valence-corrected chi connectivity index (χ1v) is 38.3. The number of ether oxygens (including phenoxy) is 1. The molecule has 0 heterocycles. The van der Waals surface area contributed by atoms with Crippen LogP contribution in [0.2, 0.25) is 0 Å². The lowest BCUT2D eigenvalue weighted by molar-refractivity contribution is -0.143. The maximum absolute atomic E-state index is 12.5. The SMILES string of the molecule is CCCCC/C=C\C/C=C\CCCCCCCCCC(=O)OCCCCCCCCCCCCCCCCCCCCCCCCCCCCCCCCCCCCCCCC(=O)NC(CO)C(O)/C=C/CCCCCCCCCCCCC. The lowest BCUT2D eigenvalue weighted by Crippen LogP contribution is -2.45. The van der Waals surface area contributed by atoms with Gasteiger partial charge < -0.3 is 20.3 Å². The van der Waals surface area contributed by atoms with Crippen LogP contribution in [-0.4, -0.2) is 47.4 Å². The van der Waals surface area contributed by atoms with Crippen molar-refractivity contribution in [3.63, 3.8) is 0 Å². The monoisotopic (exact) mass is 1180 g/mol. The number of carbonyl (C=O) groups is 2. The maximum atomic E-state index is 12.5. The Morgan fingerprint density at radius 2 is 0.595 bits per heavy atom. The minimum absolute atomic E-state index is 0.0158. The molecule has 0 aromatic carbocycles. The molecule has 0 aliphatic carbocycles. The zero-order chi connectivity index (χ0) is 60.6. The molecule has 2 atom stereocenters. The van der Waals surface area contributed by atoms with E-state index in [1.54, 1.807) is 6.08 Å². The highest BCUT2D eigenvalue weighted by Crippen LogP contribution is 2.19. The number of allylic oxidation sites excluding steroid dienone is 5. The first-order chi connectivity index (χ1) is 41.5. The molecule has 0 aromatic rings. The van der Waals surface area contributed by atoms with Gasteiger partial charge in [-0.15, -0.1) is 0 Å². The van der Waals surface area contributed by atoms with Crippen LogP contribution in [0.5, 0.6) is 0 Å². The predicted molar refractivity (Wildman–Crippen MR) is 370 cm³/mol. The van der Waals surface area contributed by atoms with Crippen molar-refractivity contribution in [2.45, 2.75) is 437 Å². The molecular formula is C78H149NO5. The van der Waals surface area contributed by atoms with Crippen LogP contribution in [0.15, 0.2) is 36.5 Å². The number of unbranched alkanes of at least 4 members (excludes halogenated alkanes) is 57. The summed E-state index contributed by atoms with van der Waals surface area (Å²) in [4.78, 5) is 24.6. The lowest BCUT2D eigenvalue weighted by atomic mass is 10.0. The quantitative estimate of drug-likeness (QED) is 0.0320. The fourth-order valence-corrected chi connectivity index (χ4v) is 12.1. The molecule has 0 aliphatic heterocycles. The summed E-state index contributed by atoms with van der Waals surface area (Å²) in [5.74, 6) is -0.0447. The number of hydrogen-bond donors (Lipinski definition) is 3. The zero-order valence-electron chi connectivity index (χ0n) is 56.9.